The lowest BCUT2D eigenvalue weighted by molar-refractivity contribution is 0.0958. The van der Waals surface area contributed by atoms with Crippen LogP contribution in [0.25, 0.3) is 22.0 Å². The zero-order valence-corrected chi connectivity index (χ0v) is 24.3. The van der Waals surface area contributed by atoms with Crippen LogP contribution in [0.4, 0.5) is 5.82 Å². The molecule has 6 rings (SSSR count). The quantitative estimate of drug-likeness (QED) is 0.398. The number of hydrogen-bond donors (Lipinski definition) is 3. The molecule has 0 aliphatic carbocycles. The molecule has 3 aliphatic heterocycles. The van der Waals surface area contributed by atoms with Crippen LogP contribution >= 0.6 is 0 Å². The van der Waals surface area contributed by atoms with Gasteiger partial charge >= 0.3 is 0 Å². The number of fused-ring (bicyclic) bond motifs is 2. The number of amides is 1. The molecule has 3 N–H and O–H groups in total. The van der Waals surface area contributed by atoms with Crippen molar-refractivity contribution in [3.05, 3.63) is 83.0 Å². The van der Waals surface area contributed by atoms with E-state index >= 15 is 0 Å². The van der Waals surface area contributed by atoms with Crippen LogP contribution in [-0.4, -0.2) is 48.2 Å². The van der Waals surface area contributed by atoms with Crippen molar-refractivity contribution >= 4 is 22.6 Å². The Hall–Kier alpha value is -3.84. The van der Waals surface area contributed by atoms with Gasteiger partial charge in [-0.3, -0.25) is 4.79 Å². The van der Waals surface area contributed by atoms with Crippen molar-refractivity contribution in [2.45, 2.75) is 40.7 Å². The van der Waals surface area contributed by atoms with E-state index in [1.807, 2.05) is 19.2 Å². The molecule has 2 saturated heterocycles. The molecule has 40 heavy (non-hydrogen) atoms. The van der Waals surface area contributed by atoms with E-state index in [-0.39, 0.29) is 11.9 Å². The third-order valence-electron chi connectivity index (χ3n) is 8.77. The van der Waals surface area contributed by atoms with Crippen LogP contribution in [0.5, 0.6) is 0 Å². The van der Waals surface area contributed by atoms with Crippen LogP contribution in [0.1, 0.15) is 49.7 Å². The summed E-state index contributed by atoms with van der Waals surface area (Å²) in [5, 5.41) is 11.0. The minimum Gasteiger partial charge on any atom is -0.359 e. The summed E-state index contributed by atoms with van der Waals surface area (Å²) in [4.78, 5) is 21.1. The second-order valence-electron chi connectivity index (χ2n) is 12.0. The first-order chi connectivity index (χ1) is 19.2. The molecule has 2 atom stereocenters. The van der Waals surface area contributed by atoms with Crippen molar-refractivity contribution in [1.29, 1.82) is 0 Å². The number of nitrogens with zero attached hydrogens (tertiary/aromatic N) is 3. The van der Waals surface area contributed by atoms with Gasteiger partial charge in [-0.1, -0.05) is 6.58 Å². The number of carbonyl (C=O) groups excluding carboxylic acids is 1. The van der Waals surface area contributed by atoms with Crippen LogP contribution in [0.15, 0.2) is 71.9 Å². The molecule has 5 heterocycles. The van der Waals surface area contributed by atoms with Gasteiger partial charge in [-0.2, -0.15) is 0 Å². The lowest BCUT2D eigenvalue weighted by atomic mass is 9.98. The molecule has 3 aliphatic rings. The summed E-state index contributed by atoms with van der Waals surface area (Å²) in [6.07, 6.45) is 6.20. The highest BCUT2D eigenvalue weighted by Crippen LogP contribution is 2.34. The molecule has 2 aromatic heterocycles. The highest BCUT2D eigenvalue weighted by Gasteiger charge is 2.36. The zero-order chi connectivity index (χ0) is 28.1. The van der Waals surface area contributed by atoms with Gasteiger partial charge in [0.15, 0.2) is 0 Å². The third kappa shape index (κ3) is 4.73. The maximum absolute atomic E-state index is 13.8. The monoisotopic (exact) mass is 536 g/mol. The number of hydrogen-bond acceptors (Lipinski definition) is 5. The topological polar surface area (TPSA) is 74.2 Å². The number of nitrogens with one attached hydrogen (secondary N) is 3. The van der Waals surface area contributed by atoms with Crippen LogP contribution in [-0.2, 0) is 0 Å². The third-order valence-corrected chi connectivity index (χ3v) is 8.77. The van der Waals surface area contributed by atoms with Crippen molar-refractivity contribution in [2.75, 3.05) is 37.6 Å². The Morgan fingerprint density at radius 1 is 1.12 bits per heavy atom. The van der Waals surface area contributed by atoms with E-state index in [2.05, 4.69) is 90.2 Å². The molecule has 0 radical (unpaired) electrons. The zero-order valence-electron chi connectivity index (χ0n) is 24.3. The van der Waals surface area contributed by atoms with Crippen molar-refractivity contribution in [1.82, 2.24) is 25.5 Å². The summed E-state index contributed by atoms with van der Waals surface area (Å²) in [7, 11) is 0. The van der Waals surface area contributed by atoms with Crippen LogP contribution in [0.2, 0.25) is 0 Å². The first kappa shape index (κ1) is 26.4. The molecule has 208 valence electrons. The van der Waals surface area contributed by atoms with E-state index in [4.69, 9.17) is 4.98 Å². The largest absolute Gasteiger partial charge is 0.359 e. The molecule has 0 bridgehead atoms. The van der Waals surface area contributed by atoms with Crippen LogP contribution in [0, 0.1) is 18.8 Å². The number of rotatable bonds is 6. The van der Waals surface area contributed by atoms with Gasteiger partial charge in [-0.25, -0.2) is 4.98 Å². The lowest BCUT2D eigenvalue weighted by Gasteiger charge is -2.21. The Bertz CT molecular complexity index is 1550. The van der Waals surface area contributed by atoms with E-state index in [1.165, 1.54) is 0 Å². The molecule has 2 unspecified atom stereocenters. The van der Waals surface area contributed by atoms with Crippen molar-refractivity contribution < 1.29 is 4.79 Å². The average molecular weight is 537 g/mol. The molecule has 2 fully saturated rings. The van der Waals surface area contributed by atoms with Gasteiger partial charge in [-0.15, -0.1) is 0 Å². The Kier molecular flexibility index (Phi) is 6.78. The molecule has 0 spiro atoms. The number of allylic oxidation sites excluding steroid dienone is 3. The number of dihydropyridines is 1. The lowest BCUT2D eigenvalue weighted by Crippen LogP contribution is -2.30. The Morgan fingerprint density at radius 3 is 2.52 bits per heavy atom. The van der Waals surface area contributed by atoms with E-state index in [0.717, 1.165) is 94.0 Å². The number of carbonyl (C=O) groups is 1. The second kappa shape index (κ2) is 10.3. The molecule has 0 saturated carbocycles. The number of aryl methyl sites for hydroxylation is 1. The minimum atomic E-state index is -0.0855. The predicted octanol–water partition coefficient (Wildman–Crippen LogP) is 5.32. The second-order valence-corrected chi connectivity index (χ2v) is 12.0. The number of benzene rings is 1. The Morgan fingerprint density at radius 2 is 1.88 bits per heavy atom. The van der Waals surface area contributed by atoms with E-state index in [0.29, 0.717) is 12.1 Å². The molecular formula is C33H40N6O. The smallest absolute Gasteiger partial charge is 0.252 e. The normalized spacial score (nSPS) is 20.8. The number of anilines is 1. The van der Waals surface area contributed by atoms with Gasteiger partial charge in [0.25, 0.3) is 5.91 Å². The van der Waals surface area contributed by atoms with Crippen LogP contribution in [0.3, 0.4) is 0 Å². The average Bonchev–Trinajstić information content (AvgIpc) is 3.61. The number of pyridine rings is 1. The van der Waals surface area contributed by atoms with E-state index in [9.17, 15) is 4.79 Å². The summed E-state index contributed by atoms with van der Waals surface area (Å²) < 4.78 is 2.26. The molecular weight excluding hydrogens is 496 g/mol. The molecule has 7 heteroatoms. The van der Waals surface area contributed by atoms with Crippen LogP contribution < -0.4 is 20.9 Å². The van der Waals surface area contributed by atoms with Gasteiger partial charge < -0.3 is 25.4 Å². The highest BCUT2D eigenvalue weighted by molar-refractivity contribution is 6.09. The molecule has 3 aromatic rings. The maximum Gasteiger partial charge on any atom is 0.252 e. The summed E-state index contributed by atoms with van der Waals surface area (Å²) in [5.74, 6) is 2.39. The Labute approximate surface area is 237 Å². The van der Waals surface area contributed by atoms with E-state index in [1.54, 1.807) is 0 Å². The highest BCUT2D eigenvalue weighted by atomic mass is 16.1. The minimum absolute atomic E-state index is 0.0855. The fraction of sp³-hybridized carbons (Fsp3) is 0.394. The number of aromatic nitrogens is 2. The fourth-order valence-corrected chi connectivity index (χ4v) is 6.66. The van der Waals surface area contributed by atoms with Crippen molar-refractivity contribution in [2.24, 2.45) is 11.8 Å². The van der Waals surface area contributed by atoms with Crippen molar-refractivity contribution in [3.63, 3.8) is 0 Å². The van der Waals surface area contributed by atoms with Gasteiger partial charge in [-0.05, 0) is 99.1 Å². The first-order valence-electron chi connectivity index (χ1n) is 14.4. The molecule has 7 nitrogen and oxygen atoms in total. The van der Waals surface area contributed by atoms with E-state index < -0.39 is 0 Å². The maximum atomic E-state index is 13.8. The summed E-state index contributed by atoms with van der Waals surface area (Å²) >= 11 is 0. The predicted molar refractivity (Wildman–Crippen MR) is 163 cm³/mol. The van der Waals surface area contributed by atoms with Gasteiger partial charge in [0.05, 0.1) is 0 Å². The first-order valence-corrected chi connectivity index (χ1v) is 14.4. The fourth-order valence-electron chi connectivity index (χ4n) is 6.66. The molecule has 1 amide bonds. The summed E-state index contributed by atoms with van der Waals surface area (Å²) in [5.41, 5.74) is 8.89. The molecule has 1 aromatic carbocycles. The standard InChI is InChI=1S/C33H40N6O/c1-19(2)39-16-21(4)32-28(33(40)36-15-29-20(3)9-22(5)37-23(29)6)10-25(11-30(32)39)24-7-8-31(35-14-24)38-17-26-12-34-13-27(26)18-38/h7-11,14,16,19,26-27,34,37H,6,12-13,15,17-18H2,1-5H3,(H,36,40). The Balaban J connectivity index is 1.33. The van der Waals surface area contributed by atoms with Gasteiger partial charge in [0.1, 0.15) is 5.82 Å². The van der Waals surface area contributed by atoms with Gasteiger partial charge in [0.2, 0.25) is 0 Å². The van der Waals surface area contributed by atoms with Gasteiger partial charge in [0, 0.05) is 84.6 Å². The SMILES string of the molecule is C=C1NC(C)=CC(C)=C1CNC(=O)c1cc(-c2ccc(N3CC4CNCC4C3)nc2)cc2c1c(C)cn2C(C)C. The van der Waals surface area contributed by atoms with Crippen molar-refractivity contribution in [3.8, 4) is 11.1 Å². The summed E-state index contributed by atoms with van der Waals surface area (Å²) in [6, 6.07) is 8.78. The summed E-state index contributed by atoms with van der Waals surface area (Å²) in [6.45, 7) is 19.4.